The van der Waals surface area contributed by atoms with Gasteiger partial charge < -0.3 is 14.8 Å². The minimum absolute atomic E-state index is 0.000706. The zero-order valence-corrected chi connectivity index (χ0v) is 14.0. The van der Waals surface area contributed by atoms with Crippen LogP contribution in [0, 0.1) is 0 Å². The molecule has 1 rings (SSSR count). The first-order valence-corrected chi connectivity index (χ1v) is 8.20. The third-order valence-corrected chi connectivity index (χ3v) is 3.42. The number of nitrogens with one attached hydrogen (secondary N) is 1. The molecular formula is C14H24BrNO4. The molecule has 1 aliphatic rings. The zero-order chi connectivity index (χ0) is 15.2. The summed E-state index contributed by atoms with van der Waals surface area (Å²) in [5, 5.41) is 3.19. The molecule has 1 N–H and O–H groups in total. The number of rotatable bonds is 5. The molecule has 0 aliphatic heterocycles. The summed E-state index contributed by atoms with van der Waals surface area (Å²) in [5.74, 6) is -0.373. The van der Waals surface area contributed by atoms with E-state index in [1.54, 1.807) is 20.8 Å². The smallest absolute Gasteiger partial charge is 0.408 e. The van der Waals surface area contributed by atoms with Crippen molar-refractivity contribution in [2.45, 2.75) is 70.6 Å². The van der Waals surface area contributed by atoms with Gasteiger partial charge in [-0.1, -0.05) is 15.9 Å². The fourth-order valence-corrected chi connectivity index (χ4v) is 2.52. The van der Waals surface area contributed by atoms with Gasteiger partial charge in [0.2, 0.25) is 0 Å². The van der Waals surface area contributed by atoms with Crippen molar-refractivity contribution in [3.8, 4) is 0 Å². The summed E-state index contributed by atoms with van der Waals surface area (Å²) in [4.78, 5) is 23.8. The van der Waals surface area contributed by atoms with Gasteiger partial charge >= 0.3 is 12.1 Å². The van der Waals surface area contributed by atoms with E-state index in [1.165, 1.54) is 0 Å². The van der Waals surface area contributed by atoms with Gasteiger partial charge in [0.1, 0.15) is 17.7 Å². The van der Waals surface area contributed by atoms with E-state index in [0.29, 0.717) is 11.8 Å². The van der Waals surface area contributed by atoms with Gasteiger partial charge in [-0.2, -0.15) is 0 Å². The van der Waals surface area contributed by atoms with Crippen molar-refractivity contribution in [1.82, 2.24) is 5.32 Å². The van der Waals surface area contributed by atoms with Crippen LogP contribution in [0.3, 0.4) is 0 Å². The van der Waals surface area contributed by atoms with Crippen LogP contribution in [0.25, 0.3) is 0 Å². The highest BCUT2D eigenvalue weighted by Crippen LogP contribution is 2.21. The molecule has 1 saturated carbocycles. The van der Waals surface area contributed by atoms with Crippen molar-refractivity contribution in [2.75, 3.05) is 5.33 Å². The molecule has 0 spiro atoms. The van der Waals surface area contributed by atoms with Crippen molar-refractivity contribution in [3.63, 3.8) is 0 Å². The van der Waals surface area contributed by atoms with E-state index >= 15 is 0 Å². The lowest BCUT2D eigenvalue weighted by atomic mass is 10.2. The lowest BCUT2D eigenvalue weighted by Crippen LogP contribution is -2.45. The first-order valence-electron chi connectivity index (χ1n) is 7.08. The lowest BCUT2D eigenvalue weighted by Gasteiger charge is -2.23. The fraction of sp³-hybridized carbons (Fsp3) is 0.857. The summed E-state index contributed by atoms with van der Waals surface area (Å²) < 4.78 is 10.6. The summed E-state index contributed by atoms with van der Waals surface area (Å²) in [6.07, 6.45) is 3.91. The molecule has 0 aromatic rings. The van der Waals surface area contributed by atoms with E-state index < -0.39 is 17.7 Å². The first-order chi connectivity index (χ1) is 9.31. The quantitative estimate of drug-likeness (QED) is 0.611. The van der Waals surface area contributed by atoms with Crippen molar-refractivity contribution < 1.29 is 19.1 Å². The summed E-state index contributed by atoms with van der Waals surface area (Å²) in [7, 11) is 0. The molecule has 116 valence electrons. The van der Waals surface area contributed by atoms with Gasteiger partial charge in [0, 0.05) is 5.33 Å². The molecule has 0 radical (unpaired) electrons. The lowest BCUT2D eigenvalue weighted by molar-refractivity contribution is -0.151. The molecule has 0 aromatic heterocycles. The third kappa shape index (κ3) is 6.59. The Kier molecular flexibility index (Phi) is 6.79. The minimum Gasteiger partial charge on any atom is -0.461 e. The van der Waals surface area contributed by atoms with E-state index in [9.17, 15) is 9.59 Å². The van der Waals surface area contributed by atoms with Gasteiger partial charge in [-0.25, -0.2) is 9.59 Å². The van der Waals surface area contributed by atoms with Gasteiger partial charge in [-0.05, 0) is 52.9 Å². The summed E-state index contributed by atoms with van der Waals surface area (Å²) >= 11 is 3.28. The first kappa shape index (κ1) is 17.3. The Balaban J connectivity index is 2.49. The Labute approximate surface area is 128 Å². The average molecular weight is 350 g/mol. The minimum atomic E-state index is -0.662. The topological polar surface area (TPSA) is 64.6 Å². The Bertz CT molecular complexity index is 335. The van der Waals surface area contributed by atoms with Gasteiger partial charge in [-0.3, -0.25) is 0 Å². The number of esters is 1. The fourth-order valence-electron chi connectivity index (χ4n) is 2.06. The number of amides is 1. The molecule has 1 fully saturated rings. The van der Waals surface area contributed by atoms with Crippen molar-refractivity contribution in [1.29, 1.82) is 0 Å². The highest BCUT2D eigenvalue weighted by Gasteiger charge is 2.28. The number of ether oxygens (including phenoxy) is 2. The maximum atomic E-state index is 12.1. The average Bonchev–Trinajstić information content (AvgIpc) is 2.78. The van der Waals surface area contributed by atoms with Crippen molar-refractivity contribution >= 4 is 28.0 Å². The Morgan fingerprint density at radius 1 is 1.30 bits per heavy atom. The number of carbonyl (C=O) groups excluding carboxylic acids is 2. The van der Waals surface area contributed by atoms with Crippen molar-refractivity contribution in [3.05, 3.63) is 0 Å². The maximum Gasteiger partial charge on any atom is 0.408 e. The second kappa shape index (κ2) is 7.86. The molecule has 0 saturated heterocycles. The van der Waals surface area contributed by atoms with Crippen LogP contribution in [0.15, 0.2) is 0 Å². The van der Waals surface area contributed by atoms with Crippen LogP contribution in [-0.4, -0.2) is 35.1 Å². The van der Waals surface area contributed by atoms with E-state index in [1.807, 2.05) is 0 Å². The Hall–Kier alpha value is -0.780. The van der Waals surface area contributed by atoms with E-state index in [0.717, 1.165) is 25.7 Å². The summed E-state index contributed by atoms with van der Waals surface area (Å²) in [6.45, 7) is 5.34. The highest BCUT2D eigenvalue weighted by atomic mass is 79.9. The number of halogens is 1. The number of alkyl halides is 1. The van der Waals surface area contributed by atoms with Crippen LogP contribution in [0.4, 0.5) is 4.79 Å². The molecule has 0 bridgehead atoms. The molecule has 0 heterocycles. The maximum absolute atomic E-state index is 12.1. The predicted octanol–water partition coefficient (Wildman–Crippen LogP) is 3.15. The largest absolute Gasteiger partial charge is 0.461 e. The van der Waals surface area contributed by atoms with Gasteiger partial charge in [0.05, 0.1) is 0 Å². The van der Waals surface area contributed by atoms with E-state index in [4.69, 9.17) is 9.47 Å². The van der Waals surface area contributed by atoms with Gasteiger partial charge in [0.15, 0.2) is 0 Å². The number of carbonyl (C=O) groups is 2. The molecule has 1 atom stereocenters. The number of hydrogen-bond acceptors (Lipinski definition) is 4. The van der Waals surface area contributed by atoms with Crippen LogP contribution in [0.2, 0.25) is 0 Å². The van der Waals surface area contributed by atoms with E-state index in [-0.39, 0.29) is 12.1 Å². The molecule has 0 aromatic carbocycles. The van der Waals surface area contributed by atoms with Gasteiger partial charge in [-0.15, -0.1) is 0 Å². The third-order valence-electron chi connectivity index (χ3n) is 2.96. The molecule has 0 unspecified atom stereocenters. The Morgan fingerprint density at radius 2 is 1.90 bits per heavy atom. The summed E-state index contributed by atoms with van der Waals surface area (Å²) in [6, 6.07) is -0.662. The SMILES string of the molecule is CC(C)(C)OC(=O)N[C@H](CCBr)C(=O)OC1CCCC1. The van der Waals surface area contributed by atoms with Crippen molar-refractivity contribution in [2.24, 2.45) is 0 Å². The molecule has 5 nitrogen and oxygen atoms in total. The van der Waals surface area contributed by atoms with Crippen LogP contribution in [0.1, 0.15) is 52.9 Å². The van der Waals surface area contributed by atoms with E-state index in [2.05, 4.69) is 21.2 Å². The van der Waals surface area contributed by atoms with Crippen LogP contribution >= 0.6 is 15.9 Å². The summed E-state index contributed by atoms with van der Waals surface area (Å²) in [5.41, 5.74) is -0.585. The number of hydrogen-bond donors (Lipinski definition) is 1. The second-order valence-electron chi connectivity index (χ2n) is 6.02. The van der Waals surface area contributed by atoms with Crippen LogP contribution < -0.4 is 5.32 Å². The molecule has 6 heteroatoms. The predicted molar refractivity (Wildman–Crippen MR) is 79.9 cm³/mol. The molecule has 1 aliphatic carbocycles. The van der Waals surface area contributed by atoms with Crippen LogP contribution in [0.5, 0.6) is 0 Å². The Morgan fingerprint density at radius 3 is 2.40 bits per heavy atom. The second-order valence-corrected chi connectivity index (χ2v) is 6.81. The monoisotopic (exact) mass is 349 g/mol. The van der Waals surface area contributed by atoms with Crippen LogP contribution in [-0.2, 0) is 14.3 Å². The zero-order valence-electron chi connectivity index (χ0n) is 12.4. The van der Waals surface area contributed by atoms with Gasteiger partial charge in [0.25, 0.3) is 0 Å². The number of alkyl carbamates (subject to hydrolysis) is 1. The molecule has 1 amide bonds. The molecule has 20 heavy (non-hydrogen) atoms. The standard InChI is InChI=1S/C14H24BrNO4/c1-14(2,3)20-13(18)16-11(8-9-15)12(17)19-10-6-4-5-7-10/h10-11H,4-9H2,1-3H3,(H,16,18)/t11-/m1/s1. The molecular weight excluding hydrogens is 326 g/mol. The normalized spacial score (nSPS) is 17.6. The highest BCUT2D eigenvalue weighted by molar-refractivity contribution is 9.09.